The second kappa shape index (κ2) is 4.98. The minimum Gasteiger partial charge on any atom is -0.334 e. The molecule has 5 heteroatoms. The number of hydrogen-bond acceptors (Lipinski definition) is 5. The molecule has 1 fully saturated rings. The van der Waals surface area contributed by atoms with Gasteiger partial charge >= 0.3 is 0 Å². The Balaban J connectivity index is 1.90. The van der Waals surface area contributed by atoms with Crippen molar-refractivity contribution in [3.63, 3.8) is 0 Å². The number of hydrogen-bond donors (Lipinski definition) is 1. The van der Waals surface area contributed by atoms with Gasteiger partial charge < -0.3 is 10.3 Å². The number of nitrogens with two attached hydrogens (primary N) is 1. The van der Waals surface area contributed by atoms with Crippen LogP contribution in [0.25, 0.3) is 11.5 Å². The summed E-state index contributed by atoms with van der Waals surface area (Å²) in [7, 11) is 0. The number of nitrogens with zero attached hydrogens (tertiary/aromatic N) is 3. The molecule has 1 saturated carbocycles. The maximum absolute atomic E-state index is 6.49. The van der Waals surface area contributed by atoms with Crippen LogP contribution in [-0.4, -0.2) is 15.1 Å². The summed E-state index contributed by atoms with van der Waals surface area (Å²) >= 11 is 0. The lowest BCUT2D eigenvalue weighted by Crippen LogP contribution is -2.42. The largest absolute Gasteiger partial charge is 0.334 e. The first-order valence-electron chi connectivity index (χ1n) is 7.13. The zero-order chi connectivity index (χ0) is 14.2. The molecule has 0 saturated heterocycles. The second-order valence-electron chi connectivity index (χ2n) is 5.97. The standard InChI is InChI=1S/C15H20N4O/c1-10-4-3-6-15(16,9-10)14-18-13(20-19-14)12-5-7-17-11(2)8-12/h5,7-8,10H,3-4,6,9,16H2,1-2H3. The topological polar surface area (TPSA) is 77.8 Å². The molecule has 2 heterocycles. The Morgan fingerprint density at radius 1 is 1.45 bits per heavy atom. The van der Waals surface area contributed by atoms with Crippen LogP contribution in [0.3, 0.4) is 0 Å². The molecule has 3 rings (SSSR count). The lowest BCUT2D eigenvalue weighted by Gasteiger charge is -2.33. The average molecular weight is 272 g/mol. The van der Waals surface area contributed by atoms with Crippen molar-refractivity contribution in [2.75, 3.05) is 0 Å². The Hall–Kier alpha value is -1.75. The Bertz CT molecular complexity index is 609. The molecule has 2 aromatic heterocycles. The number of aromatic nitrogens is 3. The second-order valence-corrected chi connectivity index (χ2v) is 5.97. The summed E-state index contributed by atoms with van der Waals surface area (Å²) in [5, 5.41) is 4.12. The van der Waals surface area contributed by atoms with E-state index in [-0.39, 0.29) is 0 Å². The zero-order valence-electron chi connectivity index (χ0n) is 12.0. The van der Waals surface area contributed by atoms with Gasteiger partial charge in [-0.3, -0.25) is 4.98 Å². The van der Waals surface area contributed by atoms with Crippen molar-refractivity contribution >= 4 is 0 Å². The average Bonchev–Trinajstić information content (AvgIpc) is 2.88. The van der Waals surface area contributed by atoms with E-state index in [1.54, 1.807) is 6.20 Å². The first-order valence-corrected chi connectivity index (χ1v) is 7.13. The van der Waals surface area contributed by atoms with Crippen molar-refractivity contribution in [3.05, 3.63) is 29.8 Å². The summed E-state index contributed by atoms with van der Waals surface area (Å²) in [6.45, 7) is 4.17. The molecule has 0 bridgehead atoms. The zero-order valence-corrected chi connectivity index (χ0v) is 12.0. The predicted molar refractivity (Wildman–Crippen MR) is 75.8 cm³/mol. The van der Waals surface area contributed by atoms with E-state index < -0.39 is 5.54 Å². The lowest BCUT2D eigenvalue weighted by molar-refractivity contribution is 0.222. The third kappa shape index (κ3) is 2.45. The monoisotopic (exact) mass is 272 g/mol. The lowest BCUT2D eigenvalue weighted by atomic mass is 9.76. The van der Waals surface area contributed by atoms with Gasteiger partial charge in [-0.2, -0.15) is 4.98 Å². The van der Waals surface area contributed by atoms with Crippen LogP contribution in [0.1, 0.15) is 44.1 Å². The Morgan fingerprint density at radius 2 is 2.30 bits per heavy atom. The van der Waals surface area contributed by atoms with Gasteiger partial charge in [-0.1, -0.05) is 24.9 Å². The molecular weight excluding hydrogens is 252 g/mol. The highest BCUT2D eigenvalue weighted by atomic mass is 16.5. The molecule has 0 spiro atoms. The number of rotatable bonds is 2. The van der Waals surface area contributed by atoms with Gasteiger partial charge in [-0.25, -0.2) is 0 Å². The molecule has 0 aromatic carbocycles. The van der Waals surface area contributed by atoms with Crippen LogP contribution in [0.5, 0.6) is 0 Å². The molecule has 0 radical (unpaired) electrons. The molecule has 2 aromatic rings. The van der Waals surface area contributed by atoms with Crippen molar-refractivity contribution in [1.82, 2.24) is 15.1 Å². The fraction of sp³-hybridized carbons (Fsp3) is 0.533. The van der Waals surface area contributed by atoms with Crippen LogP contribution < -0.4 is 5.73 Å². The Kier molecular flexibility index (Phi) is 3.30. The molecule has 2 atom stereocenters. The number of pyridine rings is 1. The Morgan fingerprint density at radius 3 is 3.05 bits per heavy atom. The van der Waals surface area contributed by atoms with Crippen LogP contribution >= 0.6 is 0 Å². The highest BCUT2D eigenvalue weighted by Gasteiger charge is 2.37. The summed E-state index contributed by atoms with van der Waals surface area (Å²) in [6, 6.07) is 3.81. The third-order valence-corrected chi connectivity index (χ3v) is 4.05. The predicted octanol–water partition coefficient (Wildman–Crippen LogP) is 2.80. The molecule has 106 valence electrons. The smallest absolute Gasteiger partial charge is 0.258 e. The van der Waals surface area contributed by atoms with E-state index in [2.05, 4.69) is 22.0 Å². The van der Waals surface area contributed by atoms with E-state index in [4.69, 9.17) is 10.3 Å². The van der Waals surface area contributed by atoms with Crippen molar-refractivity contribution in [1.29, 1.82) is 0 Å². The summed E-state index contributed by atoms with van der Waals surface area (Å²) in [4.78, 5) is 8.69. The Labute approximate surface area is 118 Å². The minimum atomic E-state index is -0.443. The van der Waals surface area contributed by atoms with Crippen LogP contribution in [0.4, 0.5) is 0 Å². The van der Waals surface area contributed by atoms with Gasteiger partial charge in [0.05, 0.1) is 5.54 Å². The molecule has 0 aliphatic heterocycles. The molecule has 2 N–H and O–H groups in total. The normalized spacial score (nSPS) is 26.6. The van der Waals surface area contributed by atoms with Gasteiger partial charge in [0.15, 0.2) is 5.82 Å². The van der Waals surface area contributed by atoms with Gasteiger partial charge in [0, 0.05) is 17.5 Å². The van der Waals surface area contributed by atoms with Crippen LogP contribution in [-0.2, 0) is 5.54 Å². The van der Waals surface area contributed by atoms with E-state index in [1.165, 1.54) is 6.42 Å². The van der Waals surface area contributed by atoms with Crippen molar-refractivity contribution in [2.45, 2.75) is 45.1 Å². The molecule has 20 heavy (non-hydrogen) atoms. The summed E-state index contributed by atoms with van der Waals surface area (Å²) in [6.07, 6.45) is 5.94. The van der Waals surface area contributed by atoms with E-state index in [1.807, 2.05) is 19.1 Å². The van der Waals surface area contributed by atoms with E-state index in [9.17, 15) is 0 Å². The minimum absolute atomic E-state index is 0.443. The van der Waals surface area contributed by atoms with Crippen LogP contribution in [0.2, 0.25) is 0 Å². The maximum atomic E-state index is 6.49. The summed E-state index contributed by atoms with van der Waals surface area (Å²) in [5.41, 5.74) is 7.87. The molecule has 5 nitrogen and oxygen atoms in total. The number of aryl methyl sites for hydroxylation is 1. The molecule has 1 aliphatic rings. The summed E-state index contributed by atoms with van der Waals surface area (Å²) in [5.74, 6) is 1.76. The van der Waals surface area contributed by atoms with Gasteiger partial charge in [0.1, 0.15) is 0 Å². The SMILES string of the molecule is Cc1cc(-c2nc(C3(N)CCCC(C)C3)no2)ccn1. The third-order valence-electron chi connectivity index (χ3n) is 4.05. The fourth-order valence-electron chi connectivity index (χ4n) is 3.02. The highest BCUT2D eigenvalue weighted by molar-refractivity contribution is 5.52. The van der Waals surface area contributed by atoms with Crippen molar-refractivity contribution < 1.29 is 4.52 Å². The molecular formula is C15H20N4O. The quantitative estimate of drug-likeness (QED) is 0.909. The van der Waals surface area contributed by atoms with Gasteiger partial charge in [0.2, 0.25) is 0 Å². The first kappa shape index (κ1) is 13.2. The fourth-order valence-corrected chi connectivity index (χ4v) is 3.02. The van der Waals surface area contributed by atoms with E-state index in [0.29, 0.717) is 17.6 Å². The highest BCUT2D eigenvalue weighted by Crippen LogP contribution is 2.37. The van der Waals surface area contributed by atoms with Crippen molar-refractivity contribution in [3.8, 4) is 11.5 Å². The molecule has 1 aliphatic carbocycles. The molecule has 0 amide bonds. The first-order chi connectivity index (χ1) is 9.57. The van der Waals surface area contributed by atoms with Gasteiger partial charge in [0.25, 0.3) is 5.89 Å². The van der Waals surface area contributed by atoms with Gasteiger partial charge in [-0.15, -0.1) is 0 Å². The van der Waals surface area contributed by atoms with E-state index in [0.717, 1.165) is 30.5 Å². The molecule has 2 unspecified atom stereocenters. The van der Waals surface area contributed by atoms with Crippen LogP contribution in [0.15, 0.2) is 22.9 Å². The summed E-state index contributed by atoms with van der Waals surface area (Å²) < 4.78 is 5.39. The maximum Gasteiger partial charge on any atom is 0.258 e. The van der Waals surface area contributed by atoms with Gasteiger partial charge in [-0.05, 0) is 37.8 Å². The van der Waals surface area contributed by atoms with Crippen LogP contribution in [0, 0.1) is 12.8 Å². The van der Waals surface area contributed by atoms with E-state index >= 15 is 0 Å². The van der Waals surface area contributed by atoms with Crippen molar-refractivity contribution in [2.24, 2.45) is 11.7 Å².